The van der Waals surface area contributed by atoms with Gasteiger partial charge in [0, 0.05) is 24.7 Å². The number of likely N-dealkylation sites (N-methyl/N-ethyl adjacent to an activating group) is 1. The van der Waals surface area contributed by atoms with Gasteiger partial charge in [0.1, 0.15) is 0 Å². The van der Waals surface area contributed by atoms with Gasteiger partial charge < -0.3 is 10.6 Å². The van der Waals surface area contributed by atoms with E-state index >= 15 is 0 Å². The molecule has 0 aromatic heterocycles. The molecule has 1 unspecified atom stereocenters. The molecule has 0 aromatic rings. The van der Waals surface area contributed by atoms with E-state index in [2.05, 4.69) is 29.5 Å². The largest absolute Gasteiger partial charge is 0.352 e. The fourth-order valence-corrected chi connectivity index (χ4v) is 2.73. The number of carbonyl (C=O) groups is 1. The summed E-state index contributed by atoms with van der Waals surface area (Å²) in [4.78, 5) is 14.1. The summed E-state index contributed by atoms with van der Waals surface area (Å²) >= 11 is 0. The summed E-state index contributed by atoms with van der Waals surface area (Å²) in [5.74, 6) is 0.156. The Labute approximate surface area is 110 Å². The lowest BCUT2D eigenvalue weighted by Gasteiger charge is -2.24. The lowest BCUT2D eigenvalue weighted by molar-refractivity contribution is -0.120. The second kappa shape index (κ2) is 6.53. The van der Waals surface area contributed by atoms with Crippen LogP contribution < -0.4 is 10.6 Å². The topological polar surface area (TPSA) is 44.4 Å². The van der Waals surface area contributed by atoms with Crippen molar-refractivity contribution in [1.29, 1.82) is 0 Å². The van der Waals surface area contributed by atoms with Crippen molar-refractivity contribution in [2.45, 2.75) is 63.6 Å². The van der Waals surface area contributed by atoms with E-state index in [9.17, 15) is 4.79 Å². The zero-order valence-corrected chi connectivity index (χ0v) is 11.7. The Bertz CT molecular complexity index is 272. The molecule has 0 aliphatic heterocycles. The highest BCUT2D eigenvalue weighted by molar-refractivity contribution is 5.78. The van der Waals surface area contributed by atoms with E-state index in [-0.39, 0.29) is 5.91 Å². The van der Waals surface area contributed by atoms with Gasteiger partial charge in [-0.2, -0.15) is 0 Å². The van der Waals surface area contributed by atoms with Crippen molar-refractivity contribution in [1.82, 2.24) is 15.5 Å². The summed E-state index contributed by atoms with van der Waals surface area (Å²) in [5.41, 5.74) is 0. The van der Waals surface area contributed by atoms with E-state index in [4.69, 9.17) is 0 Å². The van der Waals surface area contributed by atoms with Gasteiger partial charge in [-0.25, -0.2) is 0 Å². The van der Waals surface area contributed by atoms with E-state index in [1.54, 1.807) is 0 Å². The highest BCUT2D eigenvalue weighted by Gasteiger charge is 2.28. The number of rotatable bonds is 7. The first kappa shape index (κ1) is 13.8. The maximum Gasteiger partial charge on any atom is 0.234 e. The minimum Gasteiger partial charge on any atom is -0.352 e. The maximum atomic E-state index is 11.7. The van der Waals surface area contributed by atoms with Gasteiger partial charge in [0.05, 0.1) is 6.54 Å². The molecule has 0 saturated heterocycles. The standard InChI is InChI=1S/C14H27N3O/c1-11(17(2)13-7-8-13)9-15-10-14(18)16-12-5-3-4-6-12/h11-13,15H,3-10H2,1-2H3,(H,16,18). The molecule has 2 N–H and O–H groups in total. The van der Waals surface area contributed by atoms with Gasteiger partial charge >= 0.3 is 0 Å². The Balaban J connectivity index is 1.54. The van der Waals surface area contributed by atoms with Crippen molar-refractivity contribution in [3.05, 3.63) is 0 Å². The molecule has 0 bridgehead atoms. The number of hydrogen-bond acceptors (Lipinski definition) is 3. The number of carbonyl (C=O) groups excluding carboxylic acids is 1. The van der Waals surface area contributed by atoms with Crippen LogP contribution in [0.25, 0.3) is 0 Å². The lowest BCUT2D eigenvalue weighted by atomic mass is 10.2. The van der Waals surface area contributed by atoms with Crippen LogP contribution in [0.3, 0.4) is 0 Å². The molecule has 0 radical (unpaired) electrons. The highest BCUT2D eigenvalue weighted by atomic mass is 16.1. The van der Waals surface area contributed by atoms with Crippen LogP contribution in [-0.2, 0) is 4.79 Å². The molecule has 2 rings (SSSR count). The number of amides is 1. The Morgan fingerprint density at radius 1 is 1.28 bits per heavy atom. The highest BCUT2D eigenvalue weighted by Crippen LogP contribution is 2.26. The molecular formula is C14H27N3O. The van der Waals surface area contributed by atoms with Crippen LogP contribution in [0, 0.1) is 0 Å². The van der Waals surface area contributed by atoms with E-state index in [0.717, 1.165) is 25.4 Å². The first-order chi connectivity index (χ1) is 8.66. The van der Waals surface area contributed by atoms with Gasteiger partial charge in [0.15, 0.2) is 0 Å². The number of nitrogens with one attached hydrogen (secondary N) is 2. The van der Waals surface area contributed by atoms with Gasteiger partial charge in [0.2, 0.25) is 5.91 Å². The molecule has 1 atom stereocenters. The number of hydrogen-bond donors (Lipinski definition) is 2. The quantitative estimate of drug-likeness (QED) is 0.714. The van der Waals surface area contributed by atoms with Crippen LogP contribution in [0.4, 0.5) is 0 Å². The summed E-state index contributed by atoms with van der Waals surface area (Å²) in [5, 5.41) is 6.37. The van der Waals surface area contributed by atoms with Gasteiger partial charge in [-0.1, -0.05) is 12.8 Å². The number of nitrogens with zero attached hydrogens (tertiary/aromatic N) is 1. The van der Waals surface area contributed by atoms with Crippen LogP contribution in [0.2, 0.25) is 0 Å². The minimum absolute atomic E-state index is 0.156. The van der Waals surface area contributed by atoms with Crippen molar-refractivity contribution in [3.8, 4) is 0 Å². The zero-order chi connectivity index (χ0) is 13.0. The summed E-state index contributed by atoms with van der Waals surface area (Å²) < 4.78 is 0. The van der Waals surface area contributed by atoms with E-state index in [1.165, 1.54) is 25.7 Å². The molecule has 4 nitrogen and oxygen atoms in total. The molecule has 1 amide bonds. The monoisotopic (exact) mass is 253 g/mol. The van der Waals surface area contributed by atoms with Crippen molar-refractivity contribution in [2.75, 3.05) is 20.1 Å². The van der Waals surface area contributed by atoms with Crippen molar-refractivity contribution in [2.24, 2.45) is 0 Å². The Kier molecular flexibility index (Phi) is 5.01. The molecule has 2 aliphatic rings. The Hall–Kier alpha value is -0.610. The SMILES string of the molecule is CC(CNCC(=O)NC1CCCC1)N(C)C1CC1. The normalized spacial score (nSPS) is 22.4. The fourth-order valence-electron chi connectivity index (χ4n) is 2.73. The molecule has 0 aromatic carbocycles. The van der Waals surface area contributed by atoms with E-state index in [1.807, 2.05) is 0 Å². The van der Waals surface area contributed by atoms with Gasteiger partial charge in [-0.15, -0.1) is 0 Å². The van der Waals surface area contributed by atoms with Crippen molar-refractivity contribution in [3.63, 3.8) is 0 Å². The minimum atomic E-state index is 0.156. The van der Waals surface area contributed by atoms with Crippen LogP contribution in [0.15, 0.2) is 0 Å². The summed E-state index contributed by atoms with van der Waals surface area (Å²) in [7, 11) is 2.18. The predicted octanol–water partition coefficient (Wildman–Crippen LogP) is 1.12. The molecule has 0 spiro atoms. The summed E-state index contributed by atoms with van der Waals surface area (Å²) in [6, 6.07) is 1.73. The lowest BCUT2D eigenvalue weighted by Crippen LogP contribution is -2.44. The smallest absolute Gasteiger partial charge is 0.234 e. The molecule has 4 heteroatoms. The molecule has 0 heterocycles. The van der Waals surface area contributed by atoms with Crippen LogP contribution >= 0.6 is 0 Å². The molecule has 2 saturated carbocycles. The fraction of sp³-hybridized carbons (Fsp3) is 0.929. The summed E-state index contributed by atoms with van der Waals surface area (Å²) in [6.07, 6.45) is 7.52. The third kappa shape index (κ3) is 4.25. The second-order valence-corrected chi connectivity index (χ2v) is 5.93. The molecule has 18 heavy (non-hydrogen) atoms. The van der Waals surface area contributed by atoms with E-state index in [0.29, 0.717) is 18.6 Å². The van der Waals surface area contributed by atoms with Crippen LogP contribution in [0.1, 0.15) is 45.4 Å². The molecule has 2 aliphatic carbocycles. The molecule has 104 valence electrons. The molecular weight excluding hydrogens is 226 g/mol. The average molecular weight is 253 g/mol. The Morgan fingerprint density at radius 2 is 1.94 bits per heavy atom. The predicted molar refractivity (Wildman–Crippen MR) is 73.5 cm³/mol. The summed E-state index contributed by atoms with van der Waals surface area (Å²) in [6.45, 7) is 3.57. The first-order valence-electron chi connectivity index (χ1n) is 7.39. The third-order valence-corrected chi connectivity index (χ3v) is 4.26. The average Bonchev–Trinajstić information content (AvgIpc) is 3.07. The molecule has 2 fully saturated rings. The van der Waals surface area contributed by atoms with Crippen LogP contribution in [-0.4, -0.2) is 49.1 Å². The first-order valence-corrected chi connectivity index (χ1v) is 7.39. The second-order valence-electron chi connectivity index (χ2n) is 5.93. The van der Waals surface area contributed by atoms with Gasteiger partial charge in [-0.05, 0) is 39.7 Å². The van der Waals surface area contributed by atoms with Crippen LogP contribution in [0.5, 0.6) is 0 Å². The van der Waals surface area contributed by atoms with Crippen molar-refractivity contribution < 1.29 is 4.79 Å². The Morgan fingerprint density at radius 3 is 2.56 bits per heavy atom. The van der Waals surface area contributed by atoms with E-state index < -0.39 is 0 Å². The zero-order valence-electron chi connectivity index (χ0n) is 11.7. The van der Waals surface area contributed by atoms with Crippen molar-refractivity contribution >= 4 is 5.91 Å². The maximum absolute atomic E-state index is 11.7. The van der Waals surface area contributed by atoms with Gasteiger partial charge in [-0.3, -0.25) is 9.69 Å². The third-order valence-electron chi connectivity index (χ3n) is 4.26. The van der Waals surface area contributed by atoms with Gasteiger partial charge in [0.25, 0.3) is 0 Å².